The Hall–Kier alpha value is -0.120. The Kier molecular flexibility index (Phi) is 10.8. The zero-order valence-electron chi connectivity index (χ0n) is 17.7. The van der Waals surface area contributed by atoms with E-state index in [0.29, 0.717) is 23.5 Å². The first-order chi connectivity index (χ1) is 13.3. The summed E-state index contributed by atoms with van der Waals surface area (Å²) in [4.78, 5) is 4.43. The van der Waals surface area contributed by atoms with Gasteiger partial charge in [-0.3, -0.25) is 4.99 Å². The van der Waals surface area contributed by atoms with Crippen molar-refractivity contribution < 1.29 is 14.2 Å². The highest BCUT2D eigenvalue weighted by atomic mass is 127. The first-order valence-corrected chi connectivity index (χ1v) is 11.0. The molecule has 6 nitrogen and oxygen atoms in total. The van der Waals surface area contributed by atoms with Gasteiger partial charge in [0.15, 0.2) is 5.96 Å². The van der Waals surface area contributed by atoms with Crippen LogP contribution in [0.15, 0.2) is 4.99 Å². The van der Waals surface area contributed by atoms with Crippen molar-refractivity contribution in [1.82, 2.24) is 10.6 Å². The number of nitrogens with zero attached hydrogens (tertiary/aromatic N) is 1. The highest BCUT2D eigenvalue weighted by molar-refractivity contribution is 14.0. The van der Waals surface area contributed by atoms with E-state index in [1.54, 1.807) is 0 Å². The lowest BCUT2D eigenvalue weighted by molar-refractivity contribution is -0.125. The largest absolute Gasteiger partial charge is 0.381 e. The summed E-state index contributed by atoms with van der Waals surface area (Å²) >= 11 is 0. The van der Waals surface area contributed by atoms with Gasteiger partial charge in [-0.05, 0) is 51.4 Å². The molecule has 0 amide bonds. The second-order valence-corrected chi connectivity index (χ2v) is 8.30. The molecule has 28 heavy (non-hydrogen) atoms. The molecular formula is C21H40IN3O3. The molecule has 2 saturated carbocycles. The van der Waals surface area contributed by atoms with E-state index in [-0.39, 0.29) is 24.0 Å². The van der Waals surface area contributed by atoms with Crippen LogP contribution in [0.4, 0.5) is 0 Å². The molecule has 7 heteroatoms. The molecule has 2 N–H and O–H groups in total. The van der Waals surface area contributed by atoms with Gasteiger partial charge in [0.1, 0.15) is 0 Å². The summed E-state index contributed by atoms with van der Waals surface area (Å²) in [5.74, 6) is 1.60. The van der Waals surface area contributed by atoms with Crippen LogP contribution >= 0.6 is 24.0 Å². The normalized spacial score (nSPS) is 27.3. The Labute approximate surface area is 188 Å². The van der Waals surface area contributed by atoms with Crippen LogP contribution in [0.1, 0.15) is 58.3 Å². The minimum absolute atomic E-state index is 0. The van der Waals surface area contributed by atoms with Crippen LogP contribution in [-0.2, 0) is 14.2 Å². The van der Waals surface area contributed by atoms with Gasteiger partial charge in [0.2, 0.25) is 0 Å². The molecule has 1 spiro atoms. The van der Waals surface area contributed by atoms with Crippen molar-refractivity contribution in [3.8, 4) is 0 Å². The van der Waals surface area contributed by atoms with Gasteiger partial charge in [-0.1, -0.05) is 12.8 Å². The van der Waals surface area contributed by atoms with E-state index in [1.807, 2.05) is 7.05 Å². The van der Waals surface area contributed by atoms with Crippen LogP contribution in [0.25, 0.3) is 0 Å². The predicted molar refractivity (Wildman–Crippen MR) is 124 cm³/mol. The molecule has 2 aliphatic carbocycles. The molecule has 2 unspecified atom stereocenters. The second-order valence-electron chi connectivity index (χ2n) is 8.30. The lowest BCUT2D eigenvalue weighted by Gasteiger charge is -2.54. The molecule has 0 aromatic heterocycles. The number of guanidine groups is 1. The van der Waals surface area contributed by atoms with E-state index >= 15 is 0 Å². The number of aliphatic imine (C=N–C) groups is 1. The fourth-order valence-corrected chi connectivity index (χ4v) is 4.99. The molecule has 1 saturated heterocycles. The summed E-state index contributed by atoms with van der Waals surface area (Å²) in [5.41, 5.74) is 0.334. The van der Waals surface area contributed by atoms with E-state index < -0.39 is 0 Å². The third-order valence-electron chi connectivity index (χ3n) is 6.67. The molecule has 0 radical (unpaired) electrons. The average molecular weight is 509 g/mol. The zero-order valence-corrected chi connectivity index (χ0v) is 20.0. The SMILES string of the molecule is CCOC1CC(NC(=NC)NCCCOCC2CCOCC2)C12CCCC2.I. The van der Waals surface area contributed by atoms with E-state index in [0.717, 1.165) is 71.2 Å². The zero-order chi connectivity index (χ0) is 19.0. The Morgan fingerprint density at radius 3 is 2.64 bits per heavy atom. The van der Waals surface area contributed by atoms with Crippen LogP contribution in [0.2, 0.25) is 0 Å². The molecule has 2 atom stereocenters. The van der Waals surface area contributed by atoms with Crippen molar-refractivity contribution in [2.24, 2.45) is 16.3 Å². The summed E-state index contributed by atoms with van der Waals surface area (Å²) in [6.45, 7) is 7.28. The van der Waals surface area contributed by atoms with Gasteiger partial charge >= 0.3 is 0 Å². The molecule has 0 aromatic rings. The minimum atomic E-state index is 0. The Balaban J connectivity index is 0.00000280. The number of hydrogen-bond acceptors (Lipinski definition) is 4. The van der Waals surface area contributed by atoms with E-state index in [2.05, 4.69) is 22.5 Å². The van der Waals surface area contributed by atoms with Crippen LogP contribution in [0, 0.1) is 11.3 Å². The van der Waals surface area contributed by atoms with E-state index in [1.165, 1.54) is 25.7 Å². The average Bonchev–Trinajstić information content (AvgIpc) is 3.22. The fourth-order valence-electron chi connectivity index (χ4n) is 4.99. The summed E-state index contributed by atoms with van der Waals surface area (Å²) < 4.78 is 17.2. The second kappa shape index (κ2) is 12.5. The summed E-state index contributed by atoms with van der Waals surface area (Å²) in [6.07, 6.45) is 10.0. The molecular weight excluding hydrogens is 469 g/mol. The monoisotopic (exact) mass is 509 g/mol. The van der Waals surface area contributed by atoms with Gasteiger partial charge in [-0.25, -0.2) is 0 Å². The number of ether oxygens (including phenoxy) is 3. The quantitative estimate of drug-likeness (QED) is 0.216. The highest BCUT2D eigenvalue weighted by Gasteiger charge is 2.56. The van der Waals surface area contributed by atoms with Gasteiger partial charge in [-0.15, -0.1) is 24.0 Å². The standard InChI is InChI=1S/C21H39N3O3.HI/c1-3-27-19-15-18(21(19)9-4-5-10-21)24-20(22-2)23-11-6-12-26-16-17-7-13-25-14-8-17;/h17-19H,3-16H2,1-2H3,(H2,22,23,24);1H. The molecule has 3 fully saturated rings. The van der Waals surface area contributed by atoms with Gasteiger partial charge in [-0.2, -0.15) is 0 Å². The van der Waals surface area contributed by atoms with E-state index in [4.69, 9.17) is 14.2 Å². The maximum Gasteiger partial charge on any atom is 0.191 e. The van der Waals surface area contributed by atoms with Crippen molar-refractivity contribution in [3.63, 3.8) is 0 Å². The van der Waals surface area contributed by atoms with Crippen LogP contribution in [0.5, 0.6) is 0 Å². The third-order valence-corrected chi connectivity index (χ3v) is 6.67. The molecule has 1 heterocycles. The first-order valence-electron chi connectivity index (χ1n) is 11.0. The van der Waals surface area contributed by atoms with Gasteiger partial charge in [0, 0.05) is 58.1 Å². The maximum absolute atomic E-state index is 6.01. The predicted octanol–water partition coefficient (Wildman–Crippen LogP) is 3.34. The summed E-state index contributed by atoms with van der Waals surface area (Å²) in [6, 6.07) is 0.493. The maximum atomic E-state index is 6.01. The van der Waals surface area contributed by atoms with Gasteiger partial charge < -0.3 is 24.8 Å². The number of rotatable bonds is 9. The van der Waals surface area contributed by atoms with Gasteiger partial charge in [0.25, 0.3) is 0 Å². The summed E-state index contributed by atoms with van der Waals surface area (Å²) in [5, 5.41) is 7.13. The minimum Gasteiger partial charge on any atom is -0.381 e. The van der Waals surface area contributed by atoms with Crippen molar-refractivity contribution in [3.05, 3.63) is 0 Å². The smallest absolute Gasteiger partial charge is 0.191 e. The van der Waals surface area contributed by atoms with Crippen molar-refractivity contribution >= 4 is 29.9 Å². The Morgan fingerprint density at radius 1 is 1.21 bits per heavy atom. The van der Waals surface area contributed by atoms with Crippen LogP contribution < -0.4 is 10.6 Å². The fraction of sp³-hybridized carbons (Fsp3) is 0.952. The molecule has 3 aliphatic rings. The van der Waals surface area contributed by atoms with Gasteiger partial charge in [0.05, 0.1) is 6.10 Å². The topological polar surface area (TPSA) is 64.1 Å². The lowest BCUT2D eigenvalue weighted by Crippen LogP contribution is -2.65. The van der Waals surface area contributed by atoms with E-state index in [9.17, 15) is 0 Å². The number of nitrogens with one attached hydrogen (secondary N) is 2. The molecule has 164 valence electrons. The number of hydrogen-bond donors (Lipinski definition) is 2. The van der Waals surface area contributed by atoms with Crippen LogP contribution in [0.3, 0.4) is 0 Å². The molecule has 1 aliphatic heterocycles. The Morgan fingerprint density at radius 2 is 1.96 bits per heavy atom. The van der Waals surface area contributed by atoms with Crippen LogP contribution in [-0.4, -0.2) is 64.7 Å². The highest BCUT2D eigenvalue weighted by Crippen LogP contribution is 2.54. The number of halogens is 1. The lowest BCUT2D eigenvalue weighted by atomic mass is 9.60. The van der Waals surface area contributed by atoms with Crippen molar-refractivity contribution in [1.29, 1.82) is 0 Å². The molecule has 3 rings (SSSR count). The first kappa shape index (κ1) is 24.2. The molecule has 0 bridgehead atoms. The molecule has 0 aromatic carbocycles. The summed E-state index contributed by atoms with van der Waals surface area (Å²) in [7, 11) is 1.86. The Bertz CT molecular complexity index is 466. The van der Waals surface area contributed by atoms with Crippen molar-refractivity contribution in [2.45, 2.75) is 70.4 Å². The third kappa shape index (κ3) is 6.19. The van der Waals surface area contributed by atoms with Crippen molar-refractivity contribution in [2.75, 3.05) is 46.6 Å².